The van der Waals surface area contributed by atoms with Crippen LogP contribution in [0.4, 0.5) is 0 Å². The third kappa shape index (κ3) is 2.21. The van der Waals surface area contributed by atoms with Gasteiger partial charge in [0.1, 0.15) is 17.1 Å². The largest absolute Gasteiger partial charge is 0.497 e. The monoisotopic (exact) mass is 261 g/mol. The average molecular weight is 261 g/mol. The number of rotatable bonds is 1. The Labute approximate surface area is 113 Å². The zero-order valence-electron chi connectivity index (χ0n) is 11.4. The molecule has 4 nitrogen and oxygen atoms in total. The average Bonchev–Trinajstić information content (AvgIpc) is 2.37. The summed E-state index contributed by atoms with van der Waals surface area (Å²) in [6, 6.07) is 5.43. The zero-order valence-corrected chi connectivity index (χ0v) is 11.4. The Morgan fingerprint density at radius 2 is 2.26 bits per heavy atom. The highest BCUT2D eigenvalue weighted by atomic mass is 16.5. The molecule has 1 aromatic rings. The van der Waals surface area contributed by atoms with E-state index < -0.39 is 0 Å². The number of carbonyl (C=O) groups excluding carboxylic acids is 1. The van der Waals surface area contributed by atoms with E-state index in [-0.39, 0.29) is 11.4 Å². The predicted molar refractivity (Wildman–Crippen MR) is 72.0 cm³/mol. The van der Waals surface area contributed by atoms with Gasteiger partial charge in [0.05, 0.1) is 19.1 Å². The zero-order chi connectivity index (χ0) is 13.5. The van der Waals surface area contributed by atoms with Crippen molar-refractivity contribution in [2.45, 2.75) is 24.9 Å². The maximum Gasteiger partial charge on any atom is 0.170 e. The third-order valence-electron chi connectivity index (χ3n) is 4.03. The molecule has 1 fully saturated rings. The van der Waals surface area contributed by atoms with Crippen molar-refractivity contribution in [3.05, 3.63) is 23.8 Å². The number of carbonyl (C=O) groups is 1. The normalized spacial score (nSPS) is 26.9. The number of nitrogens with zero attached hydrogens (tertiary/aromatic N) is 1. The first-order valence-corrected chi connectivity index (χ1v) is 6.71. The highest BCUT2D eigenvalue weighted by Crippen LogP contribution is 2.39. The minimum Gasteiger partial charge on any atom is -0.497 e. The van der Waals surface area contributed by atoms with E-state index in [4.69, 9.17) is 9.47 Å². The Morgan fingerprint density at radius 3 is 3.00 bits per heavy atom. The molecule has 2 heterocycles. The van der Waals surface area contributed by atoms with Crippen LogP contribution in [0.1, 0.15) is 29.6 Å². The van der Waals surface area contributed by atoms with Crippen molar-refractivity contribution < 1.29 is 14.3 Å². The molecule has 19 heavy (non-hydrogen) atoms. The smallest absolute Gasteiger partial charge is 0.170 e. The number of fused-ring (bicyclic) bond motifs is 1. The Kier molecular flexibility index (Phi) is 2.97. The van der Waals surface area contributed by atoms with Crippen LogP contribution in [-0.2, 0) is 0 Å². The Bertz CT molecular complexity index is 514. The van der Waals surface area contributed by atoms with E-state index >= 15 is 0 Å². The molecule has 0 radical (unpaired) electrons. The molecule has 2 aliphatic heterocycles. The van der Waals surface area contributed by atoms with Crippen LogP contribution < -0.4 is 9.47 Å². The number of hydrogen-bond acceptors (Lipinski definition) is 4. The first kappa shape index (κ1) is 12.5. The van der Waals surface area contributed by atoms with Gasteiger partial charge in [-0.15, -0.1) is 0 Å². The molecule has 0 aromatic heterocycles. The molecule has 0 bridgehead atoms. The number of likely N-dealkylation sites (N-methyl/N-ethyl adjacent to an activating group) is 1. The summed E-state index contributed by atoms with van der Waals surface area (Å²) >= 11 is 0. The lowest BCUT2D eigenvalue weighted by Gasteiger charge is -2.43. The van der Waals surface area contributed by atoms with Gasteiger partial charge in [0.15, 0.2) is 5.78 Å². The second-order valence-electron chi connectivity index (χ2n) is 5.59. The van der Waals surface area contributed by atoms with Crippen molar-refractivity contribution in [3.63, 3.8) is 0 Å². The van der Waals surface area contributed by atoms with Gasteiger partial charge in [-0.1, -0.05) is 0 Å². The Morgan fingerprint density at radius 1 is 1.42 bits per heavy atom. The molecule has 0 aliphatic carbocycles. The minimum atomic E-state index is -0.344. The van der Waals surface area contributed by atoms with Crippen LogP contribution in [0, 0.1) is 0 Å². The van der Waals surface area contributed by atoms with E-state index in [2.05, 4.69) is 11.9 Å². The fourth-order valence-electron chi connectivity index (χ4n) is 3.15. The number of ketones is 1. The summed E-state index contributed by atoms with van der Waals surface area (Å²) in [6.45, 7) is 1.89. The topological polar surface area (TPSA) is 38.8 Å². The maximum atomic E-state index is 12.3. The lowest BCUT2D eigenvalue weighted by atomic mass is 9.84. The quantitative estimate of drug-likeness (QED) is 0.776. The van der Waals surface area contributed by atoms with E-state index in [1.165, 1.54) is 0 Å². The highest BCUT2D eigenvalue weighted by Gasteiger charge is 2.42. The van der Waals surface area contributed by atoms with Gasteiger partial charge < -0.3 is 14.4 Å². The van der Waals surface area contributed by atoms with Crippen LogP contribution in [0.5, 0.6) is 11.5 Å². The highest BCUT2D eigenvalue weighted by molar-refractivity contribution is 6.00. The van der Waals surface area contributed by atoms with Crippen molar-refractivity contribution in [1.82, 2.24) is 4.90 Å². The van der Waals surface area contributed by atoms with Crippen LogP contribution in [0.3, 0.4) is 0 Å². The summed E-state index contributed by atoms with van der Waals surface area (Å²) in [5.74, 6) is 1.58. The SMILES string of the molecule is COc1ccc2c(c1)OC1(CCCN(C)C1)CC2=O. The molecule has 0 N–H and O–H groups in total. The van der Waals surface area contributed by atoms with E-state index in [1.807, 2.05) is 12.1 Å². The molecular formula is C15H19NO3. The van der Waals surface area contributed by atoms with Crippen LogP contribution in [0.15, 0.2) is 18.2 Å². The van der Waals surface area contributed by atoms with Crippen LogP contribution >= 0.6 is 0 Å². The summed E-state index contributed by atoms with van der Waals surface area (Å²) in [5, 5.41) is 0. The van der Waals surface area contributed by atoms with Gasteiger partial charge in [-0.05, 0) is 38.6 Å². The van der Waals surface area contributed by atoms with Gasteiger partial charge in [-0.3, -0.25) is 4.79 Å². The third-order valence-corrected chi connectivity index (χ3v) is 4.03. The van der Waals surface area contributed by atoms with E-state index in [0.717, 1.165) is 31.7 Å². The summed E-state index contributed by atoms with van der Waals surface area (Å²) in [7, 11) is 3.70. The number of Topliss-reactive ketones (excluding diaryl/α,β-unsaturated/α-hetero) is 1. The molecule has 0 amide bonds. The van der Waals surface area contributed by atoms with Crippen LogP contribution in [0.25, 0.3) is 0 Å². The number of benzene rings is 1. The number of piperidine rings is 1. The molecule has 0 saturated carbocycles. The minimum absolute atomic E-state index is 0.180. The standard InChI is InChI=1S/C15H19NO3/c1-16-7-3-6-15(10-16)9-13(17)12-5-4-11(18-2)8-14(12)19-15/h4-5,8H,3,6-7,9-10H2,1-2H3. The lowest BCUT2D eigenvalue weighted by molar-refractivity contribution is -0.0105. The summed E-state index contributed by atoms with van der Waals surface area (Å²) < 4.78 is 11.4. The predicted octanol–water partition coefficient (Wildman–Crippen LogP) is 2.12. The van der Waals surface area contributed by atoms with Gasteiger partial charge in [0.2, 0.25) is 0 Å². The summed E-state index contributed by atoms with van der Waals surface area (Å²) in [5.41, 5.74) is 0.336. The molecule has 1 atom stereocenters. The van der Waals surface area contributed by atoms with Crippen molar-refractivity contribution in [3.8, 4) is 11.5 Å². The summed E-state index contributed by atoms with van der Waals surface area (Å²) in [4.78, 5) is 14.6. The van der Waals surface area contributed by atoms with Crippen molar-refractivity contribution in [1.29, 1.82) is 0 Å². The molecule has 2 aliphatic rings. The van der Waals surface area contributed by atoms with Gasteiger partial charge in [0, 0.05) is 12.6 Å². The van der Waals surface area contributed by atoms with Gasteiger partial charge >= 0.3 is 0 Å². The van der Waals surface area contributed by atoms with E-state index in [1.54, 1.807) is 13.2 Å². The van der Waals surface area contributed by atoms with Crippen molar-refractivity contribution in [2.24, 2.45) is 0 Å². The first-order chi connectivity index (χ1) is 9.12. The summed E-state index contributed by atoms with van der Waals surface area (Å²) in [6.07, 6.45) is 2.50. The van der Waals surface area contributed by atoms with Crippen molar-refractivity contribution >= 4 is 5.78 Å². The fraction of sp³-hybridized carbons (Fsp3) is 0.533. The second-order valence-corrected chi connectivity index (χ2v) is 5.59. The van der Waals surface area contributed by atoms with Crippen molar-refractivity contribution in [2.75, 3.05) is 27.2 Å². The van der Waals surface area contributed by atoms with E-state index in [0.29, 0.717) is 17.7 Å². The number of methoxy groups -OCH3 is 1. The molecule has 1 unspecified atom stereocenters. The number of ether oxygens (including phenoxy) is 2. The maximum absolute atomic E-state index is 12.3. The molecule has 102 valence electrons. The number of likely N-dealkylation sites (tertiary alicyclic amines) is 1. The Balaban J connectivity index is 1.95. The molecule has 3 rings (SSSR count). The first-order valence-electron chi connectivity index (χ1n) is 6.71. The van der Waals surface area contributed by atoms with Gasteiger partial charge in [-0.25, -0.2) is 0 Å². The van der Waals surface area contributed by atoms with E-state index in [9.17, 15) is 4.79 Å². The van der Waals surface area contributed by atoms with Gasteiger partial charge in [0.25, 0.3) is 0 Å². The number of hydrogen-bond donors (Lipinski definition) is 0. The Hall–Kier alpha value is -1.55. The van der Waals surface area contributed by atoms with Crippen LogP contribution in [0.2, 0.25) is 0 Å². The van der Waals surface area contributed by atoms with Crippen LogP contribution in [-0.4, -0.2) is 43.5 Å². The fourth-order valence-corrected chi connectivity index (χ4v) is 3.15. The molecule has 4 heteroatoms. The van der Waals surface area contributed by atoms with Gasteiger partial charge in [-0.2, -0.15) is 0 Å². The lowest BCUT2D eigenvalue weighted by Crippen LogP contribution is -2.53. The molecule has 1 aromatic carbocycles. The molecular weight excluding hydrogens is 242 g/mol. The molecule has 1 saturated heterocycles. The second kappa shape index (κ2) is 4.53. The molecule has 1 spiro atoms.